The average molecular weight is 618 g/mol. The number of hydrogen-bond donors (Lipinski definition) is 1. The number of pyridine rings is 1. The maximum atomic E-state index is 13.6. The Labute approximate surface area is 259 Å². The van der Waals surface area contributed by atoms with Crippen molar-refractivity contribution >= 4 is 39.3 Å². The molecule has 4 aromatic rings. The zero-order valence-corrected chi connectivity index (χ0v) is 26.0. The largest absolute Gasteiger partial charge is 0.390 e. The number of thiazole rings is 1. The number of nitriles is 1. The predicted octanol–water partition coefficient (Wildman–Crippen LogP) is 4.54. The Balaban J connectivity index is 1.28. The van der Waals surface area contributed by atoms with Gasteiger partial charge in [0, 0.05) is 50.2 Å². The quantitative estimate of drug-likeness (QED) is 0.336. The first kappa shape index (κ1) is 30.0. The second kappa shape index (κ2) is 12.5. The number of halogens is 1. The van der Waals surface area contributed by atoms with E-state index in [2.05, 4.69) is 36.9 Å². The average Bonchev–Trinajstić information content (AvgIpc) is 3.73. The number of aliphatic hydroxyl groups is 1. The van der Waals surface area contributed by atoms with Gasteiger partial charge in [0.25, 0.3) is 0 Å². The molecule has 0 aliphatic carbocycles. The molecule has 6 rings (SSSR count). The van der Waals surface area contributed by atoms with Crippen LogP contribution < -0.4 is 9.80 Å². The Kier molecular flexibility index (Phi) is 8.53. The van der Waals surface area contributed by atoms with E-state index in [-0.39, 0.29) is 24.9 Å². The molecule has 230 valence electrons. The van der Waals surface area contributed by atoms with E-state index in [0.717, 1.165) is 54.2 Å². The van der Waals surface area contributed by atoms with E-state index in [1.54, 1.807) is 12.1 Å². The molecule has 0 bridgehead atoms. The monoisotopic (exact) mass is 617 g/mol. The molecule has 10 nitrogen and oxygen atoms in total. The van der Waals surface area contributed by atoms with Crippen molar-refractivity contribution in [2.75, 3.05) is 56.2 Å². The molecule has 2 atom stereocenters. The minimum atomic E-state index is -0.722. The molecule has 0 saturated carbocycles. The fraction of sp³-hybridized carbons (Fsp3) is 0.438. The number of aryl methyl sites for hydroxylation is 2. The standard InChI is InChI=1S/C32H36FN7O3S/c1-4-25-30(37(3)32-35-29(28(17-34)44-32)21-7-9-22(33)10-8-21)26-16-23(15-20(2)40(26)36-25)38-11-5-13-39(14-6-12-38)31(42)24-18-43-19-27(24)41/h7-10,15-16,24,27,41H,4-6,11-14,18-19H2,1-3H3/t24-,27-/m1/s1. The van der Waals surface area contributed by atoms with Gasteiger partial charge in [0.2, 0.25) is 5.91 Å². The highest BCUT2D eigenvalue weighted by molar-refractivity contribution is 7.16. The van der Waals surface area contributed by atoms with Gasteiger partial charge in [0.1, 0.15) is 22.5 Å². The first-order chi connectivity index (χ1) is 21.3. The van der Waals surface area contributed by atoms with E-state index < -0.39 is 12.0 Å². The van der Waals surface area contributed by atoms with E-state index in [1.807, 2.05) is 21.4 Å². The summed E-state index contributed by atoms with van der Waals surface area (Å²) < 4.78 is 20.8. The van der Waals surface area contributed by atoms with E-state index in [1.165, 1.54) is 23.5 Å². The Morgan fingerprint density at radius 1 is 1.18 bits per heavy atom. The summed E-state index contributed by atoms with van der Waals surface area (Å²) in [5.41, 5.74) is 6.13. The number of anilines is 3. The molecule has 0 spiro atoms. The van der Waals surface area contributed by atoms with Crippen LogP contribution in [0, 0.1) is 30.0 Å². The first-order valence-corrected chi connectivity index (χ1v) is 15.8. The molecule has 2 saturated heterocycles. The van der Waals surface area contributed by atoms with Gasteiger partial charge in [-0.3, -0.25) is 4.79 Å². The lowest BCUT2D eigenvalue weighted by atomic mass is 10.0. The van der Waals surface area contributed by atoms with Crippen LogP contribution in [0.1, 0.15) is 36.0 Å². The van der Waals surface area contributed by atoms with Crippen molar-refractivity contribution in [3.63, 3.8) is 0 Å². The van der Waals surface area contributed by atoms with Crippen LogP contribution in [0.15, 0.2) is 36.4 Å². The molecule has 1 N–H and O–H groups in total. The lowest BCUT2D eigenvalue weighted by Gasteiger charge is -2.33. The molecule has 2 fully saturated rings. The van der Waals surface area contributed by atoms with Gasteiger partial charge in [0.15, 0.2) is 5.13 Å². The third-order valence-corrected chi connectivity index (χ3v) is 9.53. The molecular weight excluding hydrogens is 581 g/mol. The fourth-order valence-corrected chi connectivity index (χ4v) is 7.01. The van der Waals surface area contributed by atoms with E-state index in [9.17, 15) is 19.6 Å². The zero-order chi connectivity index (χ0) is 31.0. The van der Waals surface area contributed by atoms with Crippen molar-refractivity contribution in [3.05, 3.63) is 58.5 Å². The van der Waals surface area contributed by atoms with Gasteiger partial charge in [-0.05, 0) is 62.6 Å². The smallest absolute Gasteiger partial charge is 0.230 e. The second-order valence-electron chi connectivity index (χ2n) is 11.4. The second-order valence-corrected chi connectivity index (χ2v) is 12.4. The lowest BCUT2D eigenvalue weighted by Crippen LogP contribution is -2.44. The number of carbonyl (C=O) groups excluding carboxylic acids is 1. The minimum Gasteiger partial charge on any atom is -0.390 e. The predicted molar refractivity (Wildman–Crippen MR) is 168 cm³/mol. The van der Waals surface area contributed by atoms with Crippen LogP contribution in [-0.2, 0) is 16.0 Å². The van der Waals surface area contributed by atoms with Gasteiger partial charge in [0.05, 0.1) is 42.1 Å². The van der Waals surface area contributed by atoms with Crippen LogP contribution in [0.3, 0.4) is 0 Å². The van der Waals surface area contributed by atoms with Gasteiger partial charge >= 0.3 is 0 Å². The molecule has 12 heteroatoms. The number of nitrogens with zero attached hydrogens (tertiary/aromatic N) is 7. The van der Waals surface area contributed by atoms with Gasteiger partial charge < -0.3 is 24.5 Å². The summed E-state index contributed by atoms with van der Waals surface area (Å²) in [7, 11) is 1.95. The van der Waals surface area contributed by atoms with Crippen LogP contribution >= 0.6 is 11.3 Å². The minimum absolute atomic E-state index is 0.0101. The topological polar surface area (TPSA) is 110 Å². The number of aliphatic hydroxyl groups excluding tert-OH is 1. The summed E-state index contributed by atoms with van der Waals surface area (Å²) in [4.78, 5) is 24.6. The van der Waals surface area contributed by atoms with Crippen molar-refractivity contribution in [1.82, 2.24) is 19.5 Å². The summed E-state index contributed by atoms with van der Waals surface area (Å²) in [6, 6.07) is 12.6. The van der Waals surface area contributed by atoms with Gasteiger partial charge in [-0.1, -0.05) is 18.3 Å². The molecule has 3 aromatic heterocycles. The number of aromatic nitrogens is 3. The van der Waals surface area contributed by atoms with Crippen molar-refractivity contribution in [2.24, 2.45) is 5.92 Å². The molecule has 2 aliphatic rings. The SMILES string of the molecule is CCc1nn2c(C)cc(N3CCCN(C(=O)[C@@H]4COC[C@H]4O)CCC3)cc2c1N(C)c1nc(-c2ccc(F)cc2)c(C#N)s1. The maximum absolute atomic E-state index is 13.6. The van der Waals surface area contributed by atoms with E-state index >= 15 is 0 Å². The molecule has 2 aliphatic heterocycles. The van der Waals surface area contributed by atoms with E-state index in [0.29, 0.717) is 40.8 Å². The number of hydrogen-bond acceptors (Lipinski definition) is 9. The Hall–Kier alpha value is -4.05. The van der Waals surface area contributed by atoms with Crippen LogP contribution in [0.4, 0.5) is 20.9 Å². The fourth-order valence-electron chi connectivity index (χ4n) is 6.16. The summed E-state index contributed by atoms with van der Waals surface area (Å²) in [5, 5.41) is 25.6. The summed E-state index contributed by atoms with van der Waals surface area (Å²) >= 11 is 1.30. The molecule has 44 heavy (non-hydrogen) atoms. The van der Waals surface area contributed by atoms with Gasteiger partial charge in [-0.2, -0.15) is 10.4 Å². The first-order valence-electron chi connectivity index (χ1n) is 15.0. The third kappa shape index (κ3) is 5.63. The Morgan fingerprint density at radius 3 is 2.55 bits per heavy atom. The molecule has 1 amide bonds. The molecule has 1 aromatic carbocycles. The summed E-state index contributed by atoms with van der Waals surface area (Å²) in [5.74, 6) is -0.812. The van der Waals surface area contributed by atoms with Crippen LogP contribution in [-0.4, -0.2) is 83.1 Å². The van der Waals surface area contributed by atoms with Crippen molar-refractivity contribution in [1.29, 1.82) is 5.26 Å². The van der Waals surface area contributed by atoms with Gasteiger partial charge in [-0.15, -0.1) is 0 Å². The number of amides is 1. The third-order valence-electron chi connectivity index (χ3n) is 8.49. The number of benzene rings is 1. The Morgan fingerprint density at radius 2 is 1.91 bits per heavy atom. The number of ether oxygens (including phenoxy) is 1. The lowest BCUT2D eigenvalue weighted by molar-refractivity contribution is -0.138. The van der Waals surface area contributed by atoms with Crippen LogP contribution in [0.25, 0.3) is 16.8 Å². The molecule has 5 heterocycles. The summed E-state index contributed by atoms with van der Waals surface area (Å²) in [6.07, 6.45) is 1.62. The molecule has 0 radical (unpaired) electrons. The normalized spacial score (nSPS) is 19.2. The highest BCUT2D eigenvalue weighted by Crippen LogP contribution is 2.39. The highest BCUT2D eigenvalue weighted by atomic mass is 32.1. The Bertz CT molecular complexity index is 1700. The maximum Gasteiger partial charge on any atom is 0.230 e. The number of carbonyl (C=O) groups is 1. The number of rotatable bonds is 6. The highest BCUT2D eigenvalue weighted by Gasteiger charge is 2.35. The number of fused-ring (bicyclic) bond motifs is 1. The summed E-state index contributed by atoms with van der Waals surface area (Å²) in [6.45, 7) is 7.51. The van der Waals surface area contributed by atoms with Gasteiger partial charge in [-0.25, -0.2) is 13.9 Å². The van der Waals surface area contributed by atoms with Crippen LogP contribution in [0.5, 0.6) is 0 Å². The van der Waals surface area contributed by atoms with E-state index in [4.69, 9.17) is 14.8 Å². The zero-order valence-electron chi connectivity index (χ0n) is 25.2. The van der Waals surface area contributed by atoms with Crippen molar-refractivity contribution < 1.29 is 19.0 Å². The molecule has 0 unspecified atom stereocenters. The molecular formula is C32H36FN7O3S. The van der Waals surface area contributed by atoms with Crippen molar-refractivity contribution in [3.8, 4) is 17.3 Å². The van der Waals surface area contributed by atoms with Crippen LogP contribution in [0.2, 0.25) is 0 Å². The van der Waals surface area contributed by atoms with Crippen molar-refractivity contribution in [2.45, 2.75) is 39.2 Å².